The Hall–Kier alpha value is -1.14. The molecule has 2 N–H and O–H groups in total. The largest absolute Gasteiger partial charge is 0.506 e. The number of pyridine rings is 1. The molecule has 0 radical (unpaired) electrons. The average Bonchev–Trinajstić information content (AvgIpc) is 2.61. The molecule has 1 aliphatic rings. The SMILES string of the molecule is O=S1(=O)CCCC1CNCc1ccc(O)cn1. The van der Waals surface area contributed by atoms with Gasteiger partial charge in [-0.1, -0.05) is 0 Å². The van der Waals surface area contributed by atoms with Crippen LogP contribution in [0.25, 0.3) is 0 Å². The van der Waals surface area contributed by atoms with Crippen molar-refractivity contribution in [3.63, 3.8) is 0 Å². The Bertz CT molecular complexity index is 470. The predicted octanol–water partition coefficient (Wildman–Crippen LogP) is 0.454. The number of nitrogens with zero attached hydrogens (tertiary/aromatic N) is 1. The Morgan fingerprint density at radius 3 is 2.88 bits per heavy atom. The van der Waals surface area contributed by atoms with Crippen molar-refractivity contribution < 1.29 is 13.5 Å². The zero-order chi connectivity index (χ0) is 12.3. The molecule has 94 valence electrons. The molecule has 1 unspecified atom stereocenters. The molecular weight excluding hydrogens is 240 g/mol. The second-order valence-electron chi connectivity index (χ2n) is 4.27. The molecule has 5 nitrogen and oxygen atoms in total. The maximum atomic E-state index is 11.6. The molecule has 17 heavy (non-hydrogen) atoms. The Balaban J connectivity index is 1.82. The van der Waals surface area contributed by atoms with Crippen molar-refractivity contribution in [1.82, 2.24) is 10.3 Å². The third-order valence-electron chi connectivity index (χ3n) is 2.95. The molecule has 0 saturated carbocycles. The van der Waals surface area contributed by atoms with E-state index in [1.54, 1.807) is 12.1 Å². The maximum absolute atomic E-state index is 11.6. The van der Waals surface area contributed by atoms with Gasteiger partial charge in [0.2, 0.25) is 0 Å². The van der Waals surface area contributed by atoms with Crippen LogP contribution >= 0.6 is 0 Å². The highest BCUT2D eigenvalue weighted by atomic mass is 32.2. The monoisotopic (exact) mass is 256 g/mol. The summed E-state index contributed by atoms with van der Waals surface area (Å²) in [6.07, 6.45) is 2.90. The molecule has 0 bridgehead atoms. The van der Waals surface area contributed by atoms with Crippen LogP contribution < -0.4 is 5.32 Å². The summed E-state index contributed by atoms with van der Waals surface area (Å²) in [6, 6.07) is 3.28. The topological polar surface area (TPSA) is 79.3 Å². The summed E-state index contributed by atoms with van der Waals surface area (Å²) >= 11 is 0. The van der Waals surface area contributed by atoms with Crippen LogP contribution in [0.2, 0.25) is 0 Å². The van der Waals surface area contributed by atoms with Gasteiger partial charge in [-0.15, -0.1) is 0 Å². The van der Waals surface area contributed by atoms with Crippen molar-refractivity contribution >= 4 is 9.84 Å². The third kappa shape index (κ3) is 3.17. The van der Waals surface area contributed by atoms with Crippen molar-refractivity contribution in [2.45, 2.75) is 24.6 Å². The highest BCUT2D eigenvalue weighted by Gasteiger charge is 2.30. The Kier molecular flexibility index (Phi) is 3.63. The Morgan fingerprint density at radius 1 is 1.47 bits per heavy atom. The lowest BCUT2D eigenvalue weighted by Gasteiger charge is -2.10. The van der Waals surface area contributed by atoms with Crippen molar-refractivity contribution in [1.29, 1.82) is 0 Å². The molecule has 0 amide bonds. The van der Waals surface area contributed by atoms with E-state index in [4.69, 9.17) is 5.11 Å². The van der Waals surface area contributed by atoms with Gasteiger partial charge in [0.25, 0.3) is 0 Å². The molecule has 1 aromatic heterocycles. The quantitative estimate of drug-likeness (QED) is 0.818. The molecule has 2 heterocycles. The molecule has 1 aromatic rings. The normalized spacial score (nSPS) is 22.7. The van der Waals surface area contributed by atoms with E-state index < -0.39 is 9.84 Å². The van der Waals surface area contributed by atoms with Crippen LogP contribution in [-0.4, -0.2) is 36.1 Å². The summed E-state index contributed by atoms with van der Waals surface area (Å²) in [5.41, 5.74) is 0.790. The van der Waals surface area contributed by atoms with E-state index >= 15 is 0 Å². The molecule has 1 atom stereocenters. The van der Waals surface area contributed by atoms with Crippen molar-refractivity contribution in [3.8, 4) is 5.75 Å². The minimum Gasteiger partial charge on any atom is -0.506 e. The van der Waals surface area contributed by atoms with E-state index in [-0.39, 0.29) is 11.0 Å². The van der Waals surface area contributed by atoms with Crippen molar-refractivity contribution in [2.75, 3.05) is 12.3 Å². The maximum Gasteiger partial charge on any atom is 0.154 e. The highest BCUT2D eigenvalue weighted by molar-refractivity contribution is 7.92. The van der Waals surface area contributed by atoms with Gasteiger partial charge in [-0.05, 0) is 25.0 Å². The summed E-state index contributed by atoms with van der Waals surface area (Å²) < 4.78 is 23.1. The van der Waals surface area contributed by atoms with Gasteiger partial charge in [-0.2, -0.15) is 0 Å². The first-order valence-electron chi connectivity index (χ1n) is 5.64. The van der Waals surface area contributed by atoms with Gasteiger partial charge < -0.3 is 10.4 Å². The first kappa shape index (κ1) is 12.3. The van der Waals surface area contributed by atoms with Crippen LogP contribution in [0, 0.1) is 0 Å². The second-order valence-corrected chi connectivity index (χ2v) is 6.67. The number of rotatable bonds is 4. The van der Waals surface area contributed by atoms with Crippen LogP contribution in [0.1, 0.15) is 18.5 Å². The zero-order valence-corrected chi connectivity index (χ0v) is 10.3. The molecule has 1 fully saturated rings. The van der Waals surface area contributed by atoms with Gasteiger partial charge in [-0.3, -0.25) is 4.98 Å². The summed E-state index contributed by atoms with van der Waals surface area (Å²) in [6.45, 7) is 0.997. The van der Waals surface area contributed by atoms with Crippen molar-refractivity contribution in [3.05, 3.63) is 24.0 Å². The van der Waals surface area contributed by atoms with Crippen LogP contribution in [0.15, 0.2) is 18.3 Å². The fourth-order valence-corrected chi connectivity index (χ4v) is 3.77. The summed E-state index contributed by atoms with van der Waals surface area (Å²) in [5, 5.41) is 11.9. The van der Waals surface area contributed by atoms with E-state index in [9.17, 15) is 8.42 Å². The van der Waals surface area contributed by atoms with Gasteiger partial charge in [0.15, 0.2) is 9.84 Å². The molecule has 1 saturated heterocycles. The van der Waals surface area contributed by atoms with Gasteiger partial charge in [0.05, 0.1) is 22.9 Å². The molecule has 0 aromatic carbocycles. The Morgan fingerprint density at radius 2 is 2.29 bits per heavy atom. The van der Waals surface area contributed by atoms with Crippen LogP contribution in [0.4, 0.5) is 0 Å². The van der Waals surface area contributed by atoms with Gasteiger partial charge in [0.1, 0.15) is 5.75 Å². The fraction of sp³-hybridized carbons (Fsp3) is 0.545. The fourth-order valence-electron chi connectivity index (χ4n) is 1.97. The first-order valence-corrected chi connectivity index (χ1v) is 7.36. The molecule has 0 spiro atoms. The number of aromatic nitrogens is 1. The van der Waals surface area contributed by atoms with Crippen LogP contribution in [-0.2, 0) is 16.4 Å². The number of sulfone groups is 1. The summed E-state index contributed by atoms with van der Waals surface area (Å²) in [5.74, 6) is 0.448. The zero-order valence-electron chi connectivity index (χ0n) is 9.46. The average molecular weight is 256 g/mol. The van der Waals surface area contributed by atoms with E-state index in [1.807, 2.05) is 0 Å². The highest BCUT2D eigenvalue weighted by Crippen LogP contribution is 2.19. The van der Waals surface area contributed by atoms with Crippen LogP contribution in [0.5, 0.6) is 5.75 Å². The first-order chi connectivity index (χ1) is 8.08. The smallest absolute Gasteiger partial charge is 0.154 e. The molecular formula is C11H16N2O3S. The molecule has 0 aliphatic carbocycles. The number of hydrogen-bond acceptors (Lipinski definition) is 5. The van der Waals surface area contributed by atoms with Crippen molar-refractivity contribution in [2.24, 2.45) is 0 Å². The van der Waals surface area contributed by atoms with E-state index in [0.29, 0.717) is 18.8 Å². The Labute approximate surface area is 101 Å². The number of nitrogens with one attached hydrogen (secondary N) is 1. The van der Waals surface area contributed by atoms with Crippen LogP contribution in [0.3, 0.4) is 0 Å². The second kappa shape index (κ2) is 5.01. The molecule has 1 aliphatic heterocycles. The summed E-state index contributed by atoms with van der Waals surface area (Å²) in [7, 11) is -2.87. The minimum absolute atomic E-state index is 0.132. The van der Waals surface area contributed by atoms with Gasteiger partial charge >= 0.3 is 0 Å². The van der Waals surface area contributed by atoms with Gasteiger partial charge in [0, 0.05) is 13.1 Å². The number of hydrogen-bond donors (Lipinski definition) is 2. The summed E-state index contributed by atoms with van der Waals surface area (Å²) in [4.78, 5) is 4.02. The minimum atomic E-state index is -2.87. The predicted molar refractivity (Wildman–Crippen MR) is 64.4 cm³/mol. The van der Waals surface area contributed by atoms with E-state index in [2.05, 4.69) is 10.3 Å². The number of aromatic hydroxyl groups is 1. The lowest BCUT2D eigenvalue weighted by Crippen LogP contribution is -2.30. The lowest BCUT2D eigenvalue weighted by atomic mass is 10.2. The van der Waals surface area contributed by atoms with Gasteiger partial charge in [-0.25, -0.2) is 8.42 Å². The van der Waals surface area contributed by atoms with E-state index in [0.717, 1.165) is 18.5 Å². The third-order valence-corrected chi connectivity index (χ3v) is 5.23. The lowest BCUT2D eigenvalue weighted by molar-refractivity contribution is 0.471. The molecule has 6 heteroatoms. The molecule has 2 rings (SSSR count). The van der Waals surface area contributed by atoms with E-state index in [1.165, 1.54) is 6.20 Å². The standard InChI is InChI=1S/C11H16N2O3S/c14-10-4-3-9(13-7-10)6-12-8-11-2-1-5-17(11,15)16/h3-4,7,11-12,14H,1-2,5-6,8H2.